The molecule has 0 radical (unpaired) electrons. The summed E-state index contributed by atoms with van der Waals surface area (Å²) < 4.78 is 0. The van der Waals surface area contributed by atoms with E-state index in [0.29, 0.717) is 5.92 Å². The highest BCUT2D eigenvalue weighted by molar-refractivity contribution is 5.11. The minimum Gasteiger partial charge on any atom is -0.103 e. The molecular formula is C13H22. The summed E-state index contributed by atoms with van der Waals surface area (Å²) in [5.74, 6) is 0.648. The molecular weight excluding hydrogens is 156 g/mol. The molecule has 0 aromatic heterocycles. The molecule has 0 nitrogen and oxygen atoms in total. The number of rotatable bonds is 1. The molecule has 0 aliphatic rings. The summed E-state index contributed by atoms with van der Waals surface area (Å²) in [6.45, 7) is 9.85. The van der Waals surface area contributed by atoms with Crippen molar-refractivity contribution in [2.75, 3.05) is 0 Å². The zero-order valence-corrected chi connectivity index (χ0v) is 8.25. The van der Waals surface area contributed by atoms with Gasteiger partial charge in [0.15, 0.2) is 0 Å². The van der Waals surface area contributed by atoms with E-state index in [1.807, 2.05) is 24.3 Å². The fraction of sp³-hybridized carbons (Fsp3) is 0.385. The Morgan fingerprint density at radius 1 is 1.15 bits per heavy atom. The Hall–Kier alpha value is -1.04. The average molecular weight is 178 g/mol. The number of benzene rings is 1. The molecule has 74 valence electrons. The van der Waals surface area contributed by atoms with E-state index < -0.39 is 0 Å². The van der Waals surface area contributed by atoms with Crippen molar-refractivity contribution in [2.45, 2.75) is 28.2 Å². The highest BCUT2D eigenvalue weighted by atomic mass is 13.8. The molecule has 13 heavy (non-hydrogen) atoms. The predicted molar refractivity (Wildman–Crippen MR) is 62.9 cm³/mol. The van der Waals surface area contributed by atoms with Gasteiger partial charge in [-0.1, -0.05) is 63.2 Å². The molecule has 0 atom stereocenters. The van der Waals surface area contributed by atoms with Crippen molar-refractivity contribution in [3.8, 4) is 0 Å². The van der Waals surface area contributed by atoms with Crippen molar-refractivity contribution in [2.24, 2.45) is 5.92 Å². The molecule has 0 heteroatoms. The Morgan fingerprint density at radius 3 is 1.69 bits per heavy atom. The van der Waals surface area contributed by atoms with Crippen molar-refractivity contribution in [1.82, 2.24) is 0 Å². The monoisotopic (exact) mass is 178 g/mol. The number of aryl methyl sites for hydroxylation is 1. The van der Waals surface area contributed by atoms with Crippen molar-refractivity contribution in [3.63, 3.8) is 0 Å². The minimum absolute atomic E-state index is 0. The first kappa shape index (κ1) is 14.5. The standard InChI is InChI=1S/C7H8.C5H10.CH4/c1-7-5-3-2-4-6-7;1-4-5(2)3;/h2-6H,1H3;4-5H,1H2,2-3H3;1H4. The van der Waals surface area contributed by atoms with Gasteiger partial charge in [0.2, 0.25) is 0 Å². The second-order valence-corrected chi connectivity index (χ2v) is 3.13. The largest absolute Gasteiger partial charge is 0.103 e. The lowest BCUT2D eigenvalue weighted by Crippen LogP contribution is -1.71. The summed E-state index contributed by atoms with van der Waals surface area (Å²) >= 11 is 0. The van der Waals surface area contributed by atoms with E-state index in [1.54, 1.807) is 0 Å². The van der Waals surface area contributed by atoms with Gasteiger partial charge in [0.1, 0.15) is 0 Å². The van der Waals surface area contributed by atoms with Crippen LogP contribution in [0.15, 0.2) is 43.0 Å². The van der Waals surface area contributed by atoms with Crippen LogP contribution in [0, 0.1) is 12.8 Å². The van der Waals surface area contributed by atoms with Crippen molar-refractivity contribution in [1.29, 1.82) is 0 Å². The molecule has 0 bridgehead atoms. The molecule has 0 N–H and O–H groups in total. The van der Waals surface area contributed by atoms with Crippen molar-refractivity contribution < 1.29 is 0 Å². The van der Waals surface area contributed by atoms with Gasteiger partial charge in [-0.05, 0) is 12.8 Å². The molecule has 0 unspecified atom stereocenters. The fourth-order valence-electron chi connectivity index (χ4n) is 0.534. The van der Waals surface area contributed by atoms with Crippen LogP contribution in [0.4, 0.5) is 0 Å². The van der Waals surface area contributed by atoms with Gasteiger partial charge >= 0.3 is 0 Å². The minimum atomic E-state index is 0. The highest BCUT2D eigenvalue weighted by Crippen LogP contribution is 1.92. The van der Waals surface area contributed by atoms with E-state index in [0.717, 1.165) is 0 Å². The summed E-state index contributed by atoms with van der Waals surface area (Å²) in [5.41, 5.74) is 1.32. The first-order valence-electron chi connectivity index (χ1n) is 4.31. The Labute approximate surface area is 83.3 Å². The fourth-order valence-corrected chi connectivity index (χ4v) is 0.534. The van der Waals surface area contributed by atoms with E-state index in [1.165, 1.54) is 5.56 Å². The average Bonchev–Trinajstić information content (AvgIpc) is 2.07. The van der Waals surface area contributed by atoms with Crippen LogP contribution in [-0.2, 0) is 0 Å². The summed E-state index contributed by atoms with van der Waals surface area (Å²) in [6.07, 6.45) is 1.92. The molecule has 0 aliphatic carbocycles. The third-order valence-electron chi connectivity index (χ3n) is 1.41. The Bertz CT molecular complexity index is 197. The van der Waals surface area contributed by atoms with Gasteiger partial charge in [0, 0.05) is 0 Å². The Morgan fingerprint density at radius 2 is 1.54 bits per heavy atom. The summed E-state index contributed by atoms with van der Waals surface area (Å²) in [5, 5.41) is 0. The molecule has 0 amide bonds. The van der Waals surface area contributed by atoms with Gasteiger partial charge in [0.25, 0.3) is 0 Å². The highest BCUT2D eigenvalue weighted by Gasteiger charge is 1.74. The number of hydrogen-bond donors (Lipinski definition) is 0. The number of allylic oxidation sites excluding steroid dienone is 1. The van der Waals surface area contributed by atoms with Gasteiger partial charge in [-0.2, -0.15) is 0 Å². The van der Waals surface area contributed by atoms with Crippen LogP contribution in [0.3, 0.4) is 0 Å². The van der Waals surface area contributed by atoms with Gasteiger partial charge < -0.3 is 0 Å². The topological polar surface area (TPSA) is 0 Å². The summed E-state index contributed by atoms with van der Waals surface area (Å²) in [6, 6.07) is 10.3. The van der Waals surface area contributed by atoms with Crippen LogP contribution >= 0.6 is 0 Å². The number of hydrogen-bond acceptors (Lipinski definition) is 0. The van der Waals surface area contributed by atoms with Gasteiger partial charge in [-0.15, -0.1) is 6.58 Å². The maximum Gasteiger partial charge on any atom is -0.0293 e. The summed E-state index contributed by atoms with van der Waals surface area (Å²) in [7, 11) is 0. The van der Waals surface area contributed by atoms with Gasteiger partial charge in [-0.3, -0.25) is 0 Å². The van der Waals surface area contributed by atoms with Crippen LogP contribution < -0.4 is 0 Å². The third kappa shape index (κ3) is 11.0. The SMILES string of the molecule is C.C=CC(C)C.Cc1ccccc1. The Kier molecular flexibility index (Phi) is 10.1. The molecule has 1 rings (SSSR count). The quantitative estimate of drug-likeness (QED) is 0.557. The van der Waals surface area contributed by atoms with Crippen molar-refractivity contribution in [3.05, 3.63) is 48.6 Å². The zero-order valence-electron chi connectivity index (χ0n) is 8.25. The molecule has 0 saturated heterocycles. The molecule has 0 heterocycles. The molecule has 1 aromatic rings. The molecule has 0 saturated carbocycles. The molecule has 1 aromatic carbocycles. The van der Waals surface area contributed by atoms with Crippen LogP contribution in [-0.4, -0.2) is 0 Å². The maximum atomic E-state index is 3.56. The van der Waals surface area contributed by atoms with E-state index >= 15 is 0 Å². The lowest BCUT2D eigenvalue weighted by atomic mass is 10.2. The molecule has 0 aliphatic heterocycles. The van der Waals surface area contributed by atoms with E-state index in [-0.39, 0.29) is 7.43 Å². The van der Waals surface area contributed by atoms with E-state index in [2.05, 4.69) is 39.5 Å². The Balaban J connectivity index is 0. The molecule has 0 fully saturated rings. The normalized spacial score (nSPS) is 8.00. The smallest absolute Gasteiger partial charge is 0.0293 e. The van der Waals surface area contributed by atoms with Crippen molar-refractivity contribution >= 4 is 0 Å². The lowest BCUT2D eigenvalue weighted by molar-refractivity contribution is 0.835. The molecule has 0 spiro atoms. The van der Waals surface area contributed by atoms with E-state index in [4.69, 9.17) is 0 Å². The predicted octanol–water partition coefficient (Wildman–Crippen LogP) is 4.46. The second kappa shape index (κ2) is 9.05. The third-order valence-corrected chi connectivity index (χ3v) is 1.41. The van der Waals surface area contributed by atoms with Gasteiger partial charge in [0.05, 0.1) is 0 Å². The van der Waals surface area contributed by atoms with Crippen LogP contribution in [0.5, 0.6) is 0 Å². The van der Waals surface area contributed by atoms with Gasteiger partial charge in [-0.25, -0.2) is 0 Å². The van der Waals surface area contributed by atoms with Crippen LogP contribution in [0.25, 0.3) is 0 Å². The van der Waals surface area contributed by atoms with Crippen LogP contribution in [0.1, 0.15) is 26.8 Å². The van der Waals surface area contributed by atoms with E-state index in [9.17, 15) is 0 Å². The van der Waals surface area contributed by atoms with Crippen LogP contribution in [0.2, 0.25) is 0 Å². The zero-order chi connectivity index (χ0) is 9.40. The first-order chi connectivity index (χ1) is 5.66. The summed E-state index contributed by atoms with van der Waals surface area (Å²) in [4.78, 5) is 0. The lowest BCUT2D eigenvalue weighted by Gasteiger charge is -1.84. The first-order valence-corrected chi connectivity index (χ1v) is 4.31. The second-order valence-electron chi connectivity index (χ2n) is 3.13. The maximum absolute atomic E-state index is 3.56.